The Morgan fingerprint density at radius 1 is 1.27 bits per heavy atom. The summed E-state index contributed by atoms with van der Waals surface area (Å²) in [5.74, 6) is 1.34. The molecule has 1 aromatic carbocycles. The van der Waals surface area contributed by atoms with Crippen LogP contribution in [0.1, 0.15) is 73.9 Å². The number of hydrogen-bond acceptors (Lipinski definition) is 4. The minimum Gasteiger partial charge on any atom is -0.486 e. The van der Waals surface area contributed by atoms with E-state index in [4.69, 9.17) is 9.15 Å². The van der Waals surface area contributed by atoms with Gasteiger partial charge in [0.15, 0.2) is 5.78 Å². The highest BCUT2D eigenvalue weighted by molar-refractivity contribution is 6.05. The average Bonchev–Trinajstić information content (AvgIpc) is 2.57. The first-order valence-corrected chi connectivity index (χ1v) is 9.75. The maximum Gasteiger partial charge on any atom is 0.336 e. The van der Waals surface area contributed by atoms with Gasteiger partial charge in [0.1, 0.15) is 16.9 Å². The van der Waals surface area contributed by atoms with Gasteiger partial charge in [-0.05, 0) is 50.2 Å². The summed E-state index contributed by atoms with van der Waals surface area (Å²) < 4.78 is 12.0. The molecule has 1 fully saturated rings. The Bertz CT molecular complexity index is 939. The van der Waals surface area contributed by atoms with E-state index in [1.807, 2.05) is 13.0 Å². The molecule has 1 aliphatic heterocycles. The molecule has 2 heterocycles. The van der Waals surface area contributed by atoms with Crippen molar-refractivity contribution in [3.63, 3.8) is 0 Å². The highest BCUT2D eigenvalue weighted by atomic mass is 16.5. The fourth-order valence-corrected chi connectivity index (χ4v) is 4.82. The molecule has 1 aromatic heterocycles. The van der Waals surface area contributed by atoms with Crippen molar-refractivity contribution in [3.05, 3.63) is 39.2 Å². The molecule has 1 saturated carbocycles. The van der Waals surface area contributed by atoms with Gasteiger partial charge in [0.2, 0.25) is 0 Å². The predicted octanol–water partition coefficient (Wildman–Crippen LogP) is 4.97. The van der Waals surface area contributed by atoms with Crippen LogP contribution in [0.3, 0.4) is 0 Å². The van der Waals surface area contributed by atoms with Crippen molar-refractivity contribution in [2.24, 2.45) is 5.92 Å². The summed E-state index contributed by atoms with van der Waals surface area (Å²) in [5.41, 5.74) is 2.20. The van der Waals surface area contributed by atoms with Crippen LogP contribution in [0, 0.1) is 12.8 Å². The molecule has 4 heteroatoms. The Hall–Kier alpha value is -2.10. The number of fused-ring (bicyclic) bond motifs is 2. The fourth-order valence-electron chi connectivity index (χ4n) is 4.82. The smallest absolute Gasteiger partial charge is 0.336 e. The van der Waals surface area contributed by atoms with Crippen LogP contribution in [0.5, 0.6) is 5.75 Å². The Kier molecular flexibility index (Phi) is 4.17. The molecule has 4 rings (SSSR count). The van der Waals surface area contributed by atoms with Crippen molar-refractivity contribution >= 4 is 16.8 Å². The third kappa shape index (κ3) is 2.76. The number of Topliss-reactive ketones (excluding diaryl/α,β-unsaturated/α-hetero) is 1. The van der Waals surface area contributed by atoms with Gasteiger partial charge in [-0.1, -0.05) is 26.7 Å². The summed E-state index contributed by atoms with van der Waals surface area (Å²) in [6, 6.07) is 3.43. The van der Waals surface area contributed by atoms with Gasteiger partial charge in [-0.2, -0.15) is 0 Å². The van der Waals surface area contributed by atoms with Crippen molar-refractivity contribution in [1.82, 2.24) is 0 Å². The van der Waals surface area contributed by atoms with E-state index < -0.39 is 0 Å². The molecule has 4 nitrogen and oxygen atoms in total. The normalized spacial score (nSPS) is 25.3. The third-order valence-corrected chi connectivity index (χ3v) is 5.97. The highest BCUT2D eigenvalue weighted by Gasteiger charge is 2.44. The topological polar surface area (TPSA) is 56.5 Å². The molecule has 0 amide bonds. The molecule has 1 spiro atoms. The van der Waals surface area contributed by atoms with Crippen molar-refractivity contribution in [1.29, 1.82) is 0 Å². The van der Waals surface area contributed by atoms with Crippen LogP contribution in [-0.4, -0.2) is 11.4 Å². The lowest BCUT2D eigenvalue weighted by Gasteiger charge is -2.43. The van der Waals surface area contributed by atoms with Crippen LogP contribution < -0.4 is 10.4 Å². The number of hydrogen-bond donors (Lipinski definition) is 0. The van der Waals surface area contributed by atoms with E-state index in [1.165, 1.54) is 6.42 Å². The molecule has 0 unspecified atom stereocenters. The second-order valence-electron chi connectivity index (χ2n) is 8.18. The second kappa shape index (κ2) is 6.26. The minimum absolute atomic E-state index is 0.152. The van der Waals surface area contributed by atoms with Gasteiger partial charge in [0.25, 0.3) is 0 Å². The van der Waals surface area contributed by atoms with Gasteiger partial charge < -0.3 is 9.15 Å². The van der Waals surface area contributed by atoms with Crippen LogP contribution in [0.15, 0.2) is 21.3 Å². The molecule has 0 saturated heterocycles. The van der Waals surface area contributed by atoms with Gasteiger partial charge in [-0.3, -0.25) is 4.79 Å². The highest BCUT2D eigenvalue weighted by Crippen LogP contribution is 2.46. The zero-order chi connectivity index (χ0) is 18.5. The van der Waals surface area contributed by atoms with E-state index in [9.17, 15) is 9.59 Å². The molecule has 0 N–H and O–H groups in total. The minimum atomic E-state index is -0.387. The standard InChI is InChI=1S/C22H26O4/c1-4-6-15-9-19(24)25-20-14(3)21-17(10-16(15)20)18(23)12-22(26-21)8-5-7-13(2)11-22/h9-10,13H,4-8,11-12H2,1-3H3/t13-,22+/m0/s1. The van der Waals surface area contributed by atoms with Gasteiger partial charge in [-0.15, -0.1) is 0 Å². The molecule has 2 aromatic rings. The SMILES string of the molecule is CCCc1cc(=O)oc2c(C)c3c(cc12)C(=O)C[C@]1(CCC[C@H](C)C1)O3. The van der Waals surface area contributed by atoms with E-state index in [0.717, 1.165) is 48.6 Å². The summed E-state index contributed by atoms with van der Waals surface area (Å²) in [7, 11) is 0. The van der Waals surface area contributed by atoms with Gasteiger partial charge >= 0.3 is 5.63 Å². The lowest BCUT2D eigenvalue weighted by atomic mass is 9.74. The zero-order valence-corrected chi connectivity index (χ0v) is 15.8. The molecule has 138 valence electrons. The number of carbonyl (C=O) groups is 1. The maximum absolute atomic E-state index is 13.0. The van der Waals surface area contributed by atoms with Gasteiger partial charge in [0.05, 0.1) is 12.0 Å². The van der Waals surface area contributed by atoms with Crippen molar-refractivity contribution in [2.75, 3.05) is 0 Å². The molecular weight excluding hydrogens is 328 g/mol. The lowest BCUT2D eigenvalue weighted by molar-refractivity contribution is -0.00127. The summed E-state index contributed by atoms with van der Waals surface area (Å²) in [4.78, 5) is 25.1. The largest absolute Gasteiger partial charge is 0.486 e. The van der Waals surface area contributed by atoms with E-state index in [1.54, 1.807) is 6.07 Å². The van der Waals surface area contributed by atoms with E-state index in [-0.39, 0.29) is 17.0 Å². The zero-order valence-electron chi connectivity index (χ0n) is 15.8. The third-order valence-electron chi connectivity index (χ3n) is 5.97. The van der Waals surface area contributed by atoms with E-state index in [2.05, 4.69) is 13.8 Å². The molecule has 0 bridgehead atoms. The van der Waals surface area contributed by atoms with Crippen LogP contribution in [-0.2, 0) is 6.42 Å². The molecule has 26 heavy (non-hydrogen) atoms. The first-order valence-electron chi connectivity index (χ1n) is 9.75. The lowest BCUT2D eigenvalue weighted by Crippen LogP contribution is -2.45. The summed E-state index contributed by atoms with van der Waals surface area (Å²) in [5, 5.41) is 0.868. The van der Waals surface area contributed by atoms with Crippen LogP contribution in [0.4, 0.5) is 0 Å². The predicted molar refractivity (Wildman–Crippen MR) is 101 cm³/mol. The quantitative estimate of drug-likeness (QED) is 0.715. The molecule has 2 aliphatic rings. The van der Waals surface area contributed by atoms with Crippen LogP contribution >= 0.6 is 0 Å². The molecule has 1 aliphatic carbocycles. The van der Waals surface area contributed by atoms with Crippen LogP contribution in [0.25, 0.3) is 11.0 Å². The summed E-state index contributed by atoms with van der Waals surface area (Å²) in [6.45, 7) is 6.21. The molecular formula is C22H26O4. The molecule has 2 atom stereocenters. The second-order valence-corrected chi connectivity index (χ2v) is 8.18. The number of aryl methyl sites for hydroxylation is 2. The summed E-state index contributed by atoms with van der Waals surface area (Å²) >= 11 is 0. The Morgan fingerprint density at radius 3 is 2.81 bits per heavy atom. The van der Waals surface area contributed by atoms with E-state index >= 15 is 0 Å². The molecule has 0 radical (unpaired) electrons. The van der Waals surface area contributed by atoms with Crippen molar-refractivity contribution in [3.8, 4) is 5.75 Å². The van der Waals surface area contributed by atoms with Crippen LogP contribution in [0.2, 0.25) is 0 Å². The Morgan fingerprint density at radius 2 is 2.08 bits per heavy atom. The van der Waals surface area contributed by atoms with E-state index in [0.29, 0.717) is 29.2 Å². The first kappa shape index (κ1) is 17.3. The number of carbonyl (C=O) groups excluding carboxylic acids is 1. The number of rotatable bonds is 2. The maximum atomic E-state index is 13.0. The van der Waals surface area contributed by atoms with Gasteiger partial charge in [-0.25, -0.2) is 4.79 Å². The van der Waals surface area contributed by atoms with Gasteiger partial charge in [0, 0.05) is 17.0 Å². The number of ketones is 1. The number of benzene rings is 1. The van der Waals surface area contributed by atoms with Crippen molar-refractivity contribution < 1.29 is 13.9 Å². The van der Waals surface area contributed by atoms with Crippen molar-refractivity contribution in [2.45, 2.75) is 71.3 Å². The first-order chi connectivity index (χ1) is 12.4. The monoisotopic (exact) mass is 354 g/mol. The Balaban J connectivity index is 1.90. The summed E-state index contributed by atoms with van der Waals surface area (Å²) in [6.07, 6.45) is 6.28. The fraction of sp³-hybridized carbons (Fsp3) is 0.545. The number of ether oxygens (including phenoxy) is 1. The Labute approximate surface area is 153 Å². The average molecular weight is 354 g/mol.